The monoisotopic (exact) mass is 380 g/mol. The molecule has 0 spiro atoms. The SMILES string of the molecule is C=C(NC1CC(C(=O)N2CC3C(C2)C3c2ccc(C(F)(F)F)cc2)C1)OC. The van der Waals surface area contributed by atoms with E-state index in [0.29, 0.717) is 30.8 Å². The number of hydrogen-bond donors (Lipinski definition) is 1. The van der Waals surface area contributed by atoms with E-state index in [0.717, 1.165) is 30.5 Å². The van der Waals surface area contributed by atoms with E-state index in [1.54, 1.807) is 19.2 Å². The molecule has 1 aromatic carbocycles. The van der Waals surface area contributed by atoms with Crippen LogP contribution >= 0.6 is 0 Å². The molecule has 0 aromatic heterocycles. The quantitative estimate of drug-likeness (QED) is 0.797. The van der Waals surface area contributed by atoms with Gasteiger partial charge in [0.25, 0.3) is 0 Å². The lowest BCUT2D eigenvalue weighted by Gasteiger charge is -2.38. The molecule has 1 aliphatic heterocycles. The summed E-state index contributed by atoms with van der Waals surface area (Å²) in [7, 11) is 1.56. The van der Waals surface area contributed by atoms with Crippen molar-refractivity contribution < 1.29 is 22.7 Å². The van der Waals surface area contributed by atoms with Crippen molar-refractivity contribution in [2.24, 2.45) is 17.8 Å². The van der Waals surface area contributed by atoms with Crippen LogP contribution in [0.1, 0.15) is 29.9 Å². The maximum atomic E-state index is 12.7. The minimum Gasteiger partial charge on any atom is -0.483 e. The Morgan fingerprint density at radius 2 is 1.78 bits per heavy atom. The van der Waals surface area contributed by atoms with Crippen LogP contribution in [0.2, 0.25) is 0 Å². The molecule has 146 valence electrons. The molecule has 1 saturated heterocycles. The van der Waals surface area contributed by atoms with Gasteiger partial charge in [0.2, 0.25) is 5.91 Å². The summed E-state index contributed by atoms with van der Waals surface area (Å²) >= 11 is 0. The fourth-order valence-corrected chi connectivity index (χ4v) is 4.58. The highest BCUT2D eigenvalue weighted by atomic mass is 19.4. The topological polar surface area (TPSA) is 41.6 Å². The van der Waals surface area contributed by atoms with E-state index in [9.17, 15) is 18.0 Å². The molecule has 2 unspecified atom stereocenters. The summed E-state index contributed by atoms with van der Waals surface area (Å²) in [6.07, 6.45) is -2.73. The Morgan fingerprint density at radius 1 is 1.19 bits per heavy atom. The number of hydrogen-bond acceptors (Lipinski definition) is 3. The van der Waals surface area contributed by atoms with E-state index in [1.165, 1.54) is 0 Å². The van der Waals surface area contributed by atoms with Crippen molar-refractivity contribution in [2.45, 2.75) is 31.0 Å². The summed E-state index contributed by atoms with van der Waals surface area (Å²) in [5.41, 5.74) is 0.342. The molecule has 1 N–H and O–H groups in total. The van der Waals surface area contributed by atoms with Gasteiger partial charge >= 0.3 is 6.18 Å². The molecule has 1 aromatic rings. The molecule has 2 aliphatic carbocycles. The Bertz CT molecular complexity index is 729. The van der Waals surface area contributed by atoms with Crippen molar-refractivity contribution in [1.82, 2.24) is 10.2 Å². The average molecular weight is 380 g/mol. The third-order valence-electron chi connectivity index (χ3n) is 6.23. The number of rotatable bonds is 5. The fraction of sp³-hybridized carbons (Fsp3) is 0.550. The molecule has 0 radical (unpaired) electrons. The van der Waals surface area contributed by atoms with E-state index in [4.69, 9.17) is 4.74 Å². The number of piperidine rings is 1. The van der Waals surface area contributed by atoms with Gasteiger partial charge in [-0.25, -0.2) is 0 Å². The zero-order valence-electron chi connectivity index (χ0n) is 15.1. The van der Waals surface area contributed by atoms with Crippen LogP contribution in [-0.2, 0) is 15.7 Å². The van der Waals surface area contributed by atoms with Gasteiger partial charge in [0.1, 0.15) is 0 Å². The largest absolute Gasteiger partial charge is 0.483 e. The summed E-state index contributed by atoms with van der Waals surface area (Å²) in [6, 6.07) is 5.72. The average Bonchev–Trinajstić information content (AvgIpc) is 3.09. The third kappa shape index (κ3) is 3.39. The summed E-state index contributed by atoms with van der Waals surface area (Å²) < 4.78 is 43.0. The van der Waals surface area contributed by atoms with Gasteiger partial charge in [0.15, 0.2) is 5.88 Å². The standard InChI is InChI=1S/C20H23F3N2O2/c1-11(27-2)24-15-7-13(8-15)19(26)25-9-16-17(10-25)18(16)12-3-5-14(6-4-12)20(21,22)23/h3-6,13,15-18,24H,1,7-10H2,2H3. The van der Waals surface area contributed by atoms with Crippen LogP contribution in [0, 0.1) is 17.8 Å². The normalized spacial score (nSPS) is 31.7. The van der Waals surface area contributed by atoms with E-state index >= 15 is 0 Å². The number of methoxy groups -OCH3 is 1. The van der Waals surface area contributed by atoms with Crippen LogP contribution in [0.5, 0.6) is 0 Å². The van der Waals surface area contributed by atoms with Crippen molar-refractivity contribution in [1.29, 1.82) is 0 Å². The molecule has 7 heteroatoms. The van der Waals surface area contributed by atoms with Gasteiger partial charge < -0.3 is 15.0 Å². The highest BCUT2D eigenvalue weighted by molar-refractivity contribution is 5.80. The molecule has 1 amide bonds. The Hall–Kier alpha value is -2.18. The second kappa shape index (κ2) is 6.46. The Morgan fingerprint density at radius 3 is 2.30 bits per heavy atom. The predicted molar refractivity (Wildman–Crippen MR) is 93.5 cm³/mol. The minimum atomic E-state index is -4.30. The van der Waals surface area contributed by atoms with Gasteiger partial charge in [-0.2, -0.15) is 13.2 Å². The van der Waals surface area contributed by atoms with Crippen LogP contribution < -0.4 is 5.32 Å². The van der Waals surface area contributed by atoms with Crippen LogP contribution in [0.25, 0.3) is 0 Å². The van der Waals surface area contributed by atoms with Gasteiger partial charge in [0.05, 0.1) is 12.7 Å². The second-order valence-corrected chi connectivity index (χ2v) is 7.85. The van der Waals surface area contributed by atoms with Crippen LogP contribution in [0.15, 0.2) is 36.7 Å². The predicted octanol–water partition coefficient (Wildman–Crippen LogP) is 3.36. The number of amides is 1. The van der Waals surface area contributed by atoms with Crippen molar-refractivity contribution in [3.63, 3.8) is 0 Å². The van der Waals surface area contributed by atoms with Crippen molar-refractivity contribution in [2.75, 3.05) is 20.2 Å². The summed E-state index contributed by atoms with van der Waals surface area (Å²) in [5, 5.41) is 3.14. The molecule has 4 nitrogen and oxygen atoms in total. The molecule has 2 saturated carbocycles. The summed E-state index contributed by atoms with van der Waals surface area (Å²) in [5.74, 6) is 1.83. The third-order valence-corrected chi connectivity index (χ3v) is 6.23. The van der Waals surface area contributed by atoms with Gasteiger partial charge in [0, 0.05) is 25.0 Å². The Balaban J connectivity index is 1.27. The van der Waals surface area contributed by atoms with Crippen LogP contribution in [0.4, 0.5) is 13.2 Å². The van der Waals surface area contributed by atoms with Crippen molar-refractivity contribution >= 4 is 5.91 Å². The number of fused-ring (bicyclic) bond motifs is 1. The maximum Gasteiger partial charge on any atom is 0.416 e. The van der Waals surface area contributed by atoms with E-state index in [2.05, 4.69) is 11.9 Å². The number of nitrogens with zero attached hydrogens (tertiary/aromatic N) is 1. The molecular weight excluding hydrogens is 357 g/mol. The van der Waals surface area contributed by atoms with Gasteiger partial charge in [-0.05, 0) is 54.9 Å². The zero-order valence-corrected chi connectivity index (χ0v) is 15.1. The van der Waals surface area contributed by atoms with E-state index < -0.39 is 11.7 Å². The van der Waals surface area contributed by atoms with Crippen molar-refractivity contribution in [3.8, 4) is 0 Å². The Labute approximate surface area is 156 Å². The fourth-order valence-electron chi connectivity index (χ4n) is 4.58. The summed E-state index contributed by atoms with van der Waals surface area (Å²) in [6.45, 7) is 5.16. The molecule has 0 bridgehead atoms. The smallest absolute Gasteiger partial charge is 0.416 e. The highest BCUT2D eigenvalue weighted by Crippen LogP contribution is 2.58. The zero-order chi connectivity index (χ0) is 19.3. The molecule has 1 heterocycles. The number of halogens is 3. The number of nitrogens with one attached hydrogen (secondary N) is 1. The number of ether oxygens (including phenoxy) is 1. The Kier molecular flexibility index (Phi) is 4.35. The molecule has 2 atom stereocenters. The minimum absolute atomic E-state index is 0.0502. The number of likely N-dealkylation sites (tertiary alicyclic amines) is 1. The van der Waals surface area contributed by atoms with Crippen molar-refractivity contribution in [3.05, 3.63) is 47.9 Å². The molecular formula is C20H23F3N2O2. The number of alkyl halides is 3. The summed E-state index contributed by atoms with van der Waals surface area (Å²) in [4.78, 5) is 14.5. The maximum absolute atomic E-state index is 12.7. The highest BCUT2D eigenvalue weighted by Gasteiger charge is 2.57. The lowest BCUT2D eigenvalue weighted by Crippen LogP contribution is -2.48. The number of carbonyl (C=O) groups is 1. The first-order chi connectivity index (χ1) is 12.8. The lowest BCUT2D eigenvalue weighted by atomic mass is 9.79. The second-order valence-electron chi connectivity index (χ2n) is 7.85. The molecule has 3 fully saturated rings. The van der Waals surface area contributed by atoms with Gasteiger partial charge in [-0.3, -0.25) is 4.79 Å². The van der Waals surface area contributed by atoms with E-state index in [-0.39, 0.29) is 23.8 Å². The first-order valence-electron chi connectivity index (χ1n) is 9.23. The number of benzene rings is 1. The van der Waals surface area contributed by atoms with Gasteiger partial charge in [-0.15, -0.1) is 0 Å². The van der Waals surface area contributed by atoms with E-state index in [1.807, 2.05) is 4.90 Å². The van der Waals surface area contributed by atoms with Gasteiger partial charge in [-0.1, -0.05) is 12.1 Å². The number of carbonyl (C=O) groups excluding carboxylic acids is 1. The van der Waals surface area contributed by atoms with Crippen LogP contribution in [-0.4, -0.2) is 37.0 Å². The molecule has 4 rings (SSSR count). The molecule has 3 aliphatic rings. The first-order valence-corrected chi connectivity index (χ1v) is 9.23. The van der Waals surface area contributed by atoms with Crippen LogP contribution in [0.3, 0.4) is 0 Å². The molecule has 27 heavy (non-hydrogen) atoms. The first kappa shape index (κ1) is 18.2. The lowest BCUT2D eigenvalue weighted by molar-refractivity contribution is -0.139.